The molecule has 29 heavy (non-hydrogen) atoms. The van der Waals surface area contributed by atoms with E-state index in [9.17, 15) is 18.4 Å². The molecule has 1 N–H and O–H groups in total. The van der Waals surface area contributed by atoms with E-state index in [2.05, 4.69) is 10.1 Å². The smallest absolute Gasteiger partial charge is 0.415 e. The number of carbonyl (C=O) groups excluding carboxylic acids is 2. The molecule has 0 aliphatic carbocycles. The van der Waals surface area contributed by atoms with E-state index in [0.717, 1.165) is 5.56 Å². The minimum absolute atomic E-state index is 0.0333. The molecule has 2 aromatic carbocycles. The van der Waals surface area contributed by atoms with Crippen LogP contribution in [0, 0.1) is 5.82 Å². The van der Waals surface area contributed by atoms with Crippen molar-refractivity contribution in [3.63, 3.8) is 0 Å². The number of amides is 1. The molecule has 0 spiro atoms. The van der Waals surface area contributed by atoms with Gasteiger partial charge in [-0.15, -0.1) is 0 Å². The first kappa shape index (κ1) is 20.7. The highest BCUT2D eigenvalue weighted by atomic mass is 19.1. The van der Waals surface area contributed by atoms with Gasteiger partial charge in [0.05, 0.1) is 26.0 Å². The summed E-state index contributed by atoms with van der Waals surface area (Å²) in [5, 5.41) is 3.14. The Bertz CT molecular complexity index is 873. The van der Waals surface area contributed by atoms with Gasteiger partial charge in [0.15, 0.2) is 0 Å². The zero-order valence-corrected chi connectivity index (χ0v) is 16.0. The summed E-state index contributed by atoms with van der Waals surface area (Å²) in [4.78, 5) is 24.7. The van der Waals surface area contributed by atoms with Gasteiger partial charge in [-0.3, -0.25) is 9.29 Å². The molecule has 1 heterocycles. The average molecular weight is 404 g/mol. The summed E-state index contributed by atoms with van der Waals surface area (Å²) in [7, 11) is 1.21. The van der Waals surface area contributed by atoms with Crippen molar-refractivity contribution in [1.82, 2.24) is 5.32 Å². The molecule has 1 atom stereocenters. The van der Waals surface area contributed by atoms with Crippen molar-refractivity contribution in [1.29, 1.82) is 0 Å². The Morgan fingerprint density at radius 1 is 1.28 bits per heavy atom. The molecule has 0 saturated carbocycles. The number of benzene rings is 2. The fourth-order valence-corrected chi connectivity index (χ4v) is 3.06. The van der Waals surface area contributed by atoms with Gasteiger partial charge in [0.2, 0.25) is 6.10 Å². The Labute approximate surface area is 167 Å². The van der Waals surface area contributed by atoms with Crippen LogP contribution in [0.15, 0.2) is 42.5 Å². The molecule has 0 bridgehead atoms. The SMILES string of the molecule is COC(=O)[C@H]1CN(c2ccc(-c3ccc(CNCCCF)cc3)c(F)c2)C(=O)O1. The number of hydrogen-bond acceptors (Lipinski definition) is 5. The van der Waals surface area contributed by atoms with Crippen LogP contribution in [-0.4, -0.2) is 45.0 Å². The minimum Gasteiger partial charge on any atom is -0.466 e. The van der Waals surface area contributed by atoms with Crippen LogP contribution in [0.3, 0.4) is 0 Å². The quantitative estimate of drug-likeness (QED) is 0.539. The van der Waals surface area contributed by atoms with Gasteiger partial charge in [-0.1, -0.05) is 24.3 Å². The van der Waals surface area contributed by atoms with Crippen molar-refractivity contribution in [3.05, 3.63) is 53.8 Å². The molecule has 8 heteroatoms. The van der Waals surface area contributed by atoms with Crippen molar-refractivity contribution >= 4 is 17.7 Å². The number of nitrogens with zero attached hydrogens (tertiary/aromatic N) is 1. The Kier molecular flexibility index (Phi) is 6.77. The fraction of sp³-hybridized carbons (Fsp3) is 0.333. The Hall–Kier alpha value is -3.00. The summed E-state index contributed by atoms with van der Waals surface area (Å²) in [6.45, 7) is 0.832. The molecule has 1 amide bonds. The molecular weight excluding hydrogens is 382 g/mol. The van der Waals surface area contributed by atoms with E-state index < -0.39 is 24.0 Å². The fourth-order valence-electron chi connectivity index (χ4n) is 3.06. The number of nitrogens with one attached hydrogen (secondary N) is 1. The third-order valence-electron chi connectivity index (χ3n) is 4.62. The lowest BCUT2D eigenvalue weighted by atomic mass is 10.0. The van der Waals surface area contributed by atoms with Gasteiger partial charge in [0, 0.05) is 12.1 Å². The van der Waals surface area contributed by atoms with Crippen LogP contribution in [0.5, 0.6) is 0 Å². The minimum atomic E-state index is -1.03. The topological polar surface area (TPSA) is 67.9 Å². The number of alkyl halides is 1. The maximum Gasteiger partial charge on any atom is 0.415 e. The van der Waals surface area contributed by atoms with Crippen molar-refractivity contribution in [2.45, 2.75) is 19.1 Å². The Morgan fingerprint density at radius 3 is 2.69 bits per heavy atom. The van der Waals surface area contributed by atoms with E-state index in [1.165, 1.54) is 18.1 Å². The van der Waals surface area contributed by atoms with Crippen molar-refractivity contribution in [2.24, 2.45) is 0 Å². The Balaban J connectivity index is 1.70. The highest BCUT2D eigenvalue weighted by molar-refractivity contribution is 5.94. The van der Waals surface area contributed by atoms with Crippen LogP contribution in [0.1, 0.15) is 12.0 Å². The standard InChI is InChI=1S/C21H22F2N2O4/c1-28-20(26)19-13-25(21(27)29-19)16-7-8-17(18(23)11-16)15-5-3-14(4-6-15)12-24-10-2-9-22/h3-8,11,19,24H,2,9-10,12-13H2,1H3/t19-/m1/s1. The first-order valence-electron chi connectivity index (χ1n) is 9.25. The van der Waals surface area contributed by atoms with E-state index in [-0.39, 0.29) is 13.2 Å². The van der Waals surface area contributed by atoms with Crippen LogP contribution >= 0.6 is 0 Å². The summed E-state index contributed by atoms with van der Waals surface area (Å²) >= 11 is 0. The predicted octanol–water partition coefficient (Wildman–Crippen LogP) is 3.44. The summed E-state index contributed by atoms with van der Waals surface area (Å²) in [6, 6.07) is 11.8. The van der Waals surface area contributed by atoms with Crippen molar-refractivity contribution < 1.29 is 27.8 Å². The third-order valence-corrected chi connectivity index (χ3v) is 4.62. The van der Waals surface area contributed by atoms with Gasteiger partial charge in [-0.25, -0.2) is 14.0 Å². The molecule has 6 nitrogen and oxygen atoms in total. The molecule has 0 aromatic heterocycles. The van der Waals surface area contributed by atoms with E-state index in [1.807, 2.05) is 24.3 Å². The summed E-state index contributed by atoms with van der Waals surface area (Å²) < 4.78 is 36.3. The lowest BCUT2D eigenvalue weighted by Crippen LogP contribution is -2.28. The van der Waals surface area contributed by atoms with E-state index >= 15 is 0 Å². The number of rotatable bonds is 8. The predicted molar refractivity (Wildman–Crippen MR) is 104 cm³/mol. The number of halogens is 2. The molecule has 2 aromatic rings. The molecule has 3 rings (SSSR count). The molecule has 0 radical (unpaired) electrons. The highest BCUT2D eigenvalue weighted by Gasteiger charge is 2.37. The van der Waals surface area contributed by atoms with Crippen molar-refractivity contribution in [2.75, 3.05) is 31.8 Å². The maximum absolute atomic E-state index is 14.7. The van der Waals surface area contributed by atoms with Gasteiger partial charge in [0.25, 0.3) is 0 Å². The second kappa shape index (κ2) is 9.47. The number of methoxy groups -OCH3 is 1. The highest BCUT2D eigenvalue weighted by Crippen LogP contribution is 2.29. The van der Waals surface area contributed by atoms with Gasteiger partial charge in [-0.2, -0.15) is 0 Å². The number of ether oxygens (including phenoxy) is 2. The molecule has 1 saturated heterocycles. The number of cyclic esters (lactones) is 1. The lowest BCUT2D eigenvalue weighted by molar-refractivity contribution is -0.148. The Morgan fingerprint density at radius 2 is 2.03 bits per heavy atom. The summed E-state index contributed by atoms with van der Waals surface area (Å²) in [6.07, 6.45) is -1.28. The summed E-state index contributed by atoms with van der Waals surface area (Å²) in [5.41, 5.74) is 2.40. The summed E-state index contributed by atoms with van der Waals surface area (Å²) in [5.74, 6) is -1.15. The lowest BCUT2D eigenvalue weighted by Gasteiger charge is -2.14. The molecule has 1 fully saturated rings. The molecular formula is C21H22F2N2O4. The third kappa shape index (κ3) is 4.89. The number of esters is 1. The van der Waals surface area contributed by atoms with E-state index in [1.54, 1.807) is 12.1 Å². The van der Waals surface area contributed by atoms with Crippen molar-refractivity contribution in [3.8, 4) is 11.1 Å². The second-order valence-electron chi connectivity index (χ2n) is 6.59. The van der Waals surface area contributed by atoms with Gasteiger partial charge < -0.3 is 14.8 Å². The maximum atomic E-state index is 14.7. The number of hydrogen-bond donors (Lipinski definition) is 1. The van der Waals surface area contributed by atoms with Gasteiger partial charge in [0.1, 0.15) is 5.82 Å². The molecule has 0 unspecified atom stereocenters. The zero-order valence-electron chi connectivity index (χ0n) is 16.0. The van der Waals surface area contributed by atoms with Crippen LogP contribution < -0.4 is 10.2 Å². The van der Waals surface area contributed by atoms with Gasteiger partial charge in [-0.05, 0) is 42.3 Å². The van der Waals surface area contributed by atoms with E-state index in [4.69, 9.17) is 4.74 Å². The van der Waals surface area contributed by atoms with Crippen LogP contribution in [-0.2, 0) is 20.8 Å². The number of carbonyl (C=O) groups is 2. The first-order valence-corrected chi connectivity index (χ1v) is 9.25. The number of anilines is 1. The van der Waals surface area contributed by atoms with E-state index in [0.29, 0.717) is 36.3 Å². The van der Waals surface area contributed by atoms with Crippen LogP contribution in [0.2, 0.25) is 0 Å². The monoisotopic (exact) mass is 404 g/mol. The zero-order chi connectivity index (χ0) is 20.8. The average Bonchev–Trinajstić information content (AvgIpc) is 3.13. The first-order chi connectivity index (χ1) is 14.0. The molecule has 1 aliphatic heterocycles. The van der Waals surface area contributed by atoms with Gasteiger partial charge >= 0.3 is 12.1 Å². The largest absolute Gasteiger partial charge is 0.466 e. The van der Waals surface area contributed by atoms with Crippen LogP contribution in [0.25, 0.3) is 11.1 Å². The molecule has 1 aliphatic rings. The van der Waals surface area contributed by atoms with Crippen LogP contribution in [0.4, 0.5) is 19.3 Å². The molecule has 154 valence electrons. The normalized spacial score (nSPS) is 16.0. The second-order valence-corrected chi connectivity index (χ2v) is 6.59.